The Morgan fingerprint density at radius 3 is 3.00 bits per heavy atom. The van der Waals surface area contributed by atoms with Crippen LogP contribution >= 0.6 is 23.1 Å². The first kappa shape index (κ1) is 14.6. The zero-order valence-corrected chi connectivity index (χ0v) is 13.4. The summed E-state index contributed by atoms with van der Waals surface area (Å²) in [5.41, 5.74) is 0. The Labute approximate surface area is 131 Å². The first-order chi connectivity index (χ1) is 10.1. The van der Waals surface area contributed by atoms with E-state index in [2.05, 4.69) is 21.7 Å². The fourth-order valence-electron chi connectivity index (χ4n) is 2.82. The Bertz CT molecular complexity index is 624. The molecule has 0 aromatic carbocycles. The van der Waals surface area contributed by atoms with Gasteiger partial charge in [-0.1, -0.05) is 24.8 Å². The molecule has 3 rings (SSSR count). The van der Waals surface area contributed by atoms with Gasteiger partial charge < -0.3 is 5.11 Å². The van der Waals surface area contributed by atoms with E-state index in [1.807, 2.05) is 17.5 Å². The number of aliphatic carboxylic acids is 1. The molecule has 1 aliphatic rings. The summed E-state index contributed by atoms with van der Waals surface area (Å²) < 4.78 is 2.16. The van der Waals surface area contributed by atoms with Gasteiger partial charge >= 0.3 is 5.97 Å². The topological polar surface area (TPSA) is 68.0 Å². The molecule has 0 bridgehead atoms. The van der Waals surface area contributed by atoms with Gasteiger partial charge in [0.15, 0.2) is 11.0 Å². The molecule has 5 nitrogen and oxygen atoms in total. The molecule has 1 aliphatic carbocycles. The second-order valence-electron chi connectivity index (χ2n) is 5.41. The van der Waals surface area contributed by atoms with Gasteiger partial charge in [0.2, 0.25) is 0 Å². The molecular weight excluding hydrogens is 306 g/mol. The summed E-state index contributed by atoms with van der Waals surface area (Å²) in [6, 6.07) is 4.42. The second-order valence-corrected chi connectivity index (χ2v) is 7.30. The van der Waals surface area contributed by atoms with E-state index in [4.69, 9.17) is 5.11 Å². The Kier molecular flexibility index (Phi) is 4.30. The summed E-state index contributed by atoms with van der Waals surface area (Å²) in [5.74, 6) is 0.764. The van der Waals surface area contributed by atoms with Crippen molar-refractivity contribution in [3.63, 3.8) is 0 Å². The van der Waals surface area contributed by atoms with Gasteiger partial charge in [-0.05, 0) is 36.6 Å². The van der Waals surface area contributed by atoms with E-state index < -0.39 is 5.97 Å². The van der Waals surface area contributed by atoms with Crippen molar-refractivity contribution < 1.29 is 9.90 Å². The van der Waals surface area contributed by atoms with Crippen molar-refractivity contribution in [2.75, 3.05) is 5.75 Å². The molecule has 0 saturated heterocycles. The van der Waals surface area contributed by atoms with Crippen LogP contribution in [0.15, 0.2) is 22.7 Å². The number of carboxylic acid groups (broad SMARTS) is 1. The van der Waals surface area contributed by atoms with Gasteiger partial charge in [-0.2, -0.15) is 0 Å². The van der Waals surface area contributed by atoms with Crippen LogP contribution in [-0.4, -0.2) is 31.6 Å². The van der Waals surface area contributed by atoms with Crippen molar-refractivity contribution in [1.82, 2.24) is 14.8 Å². The van der Waals surface area contributed by atoms with Crippen molar-refractivity contribution in [3.8, 4) is 10.7 Å². The van der Waals surface area contributed by atoms with Crippen molar-refractivity contribution in [2.24, 2.45) is 5.92 Å². The highest BCUT2D eigenvalue weighted by molar-refractivity contribution is 7.99. The predicted molar refractivity (Wildman–Crippen MR) is 83.7 cm³/mol. The smallest absolute Gasteiger partial charge is 0.313 e. The van der Waals surface area contributed by atoms with E-state index in [1.165, 1.54) is 18.2 Å². The number of rotatable bonds is 5. The van der Waals surface area contributed by atoms with Gasteiger partial charge in [-0.15, -0.1) is 21.5 Å². The molecule has 1 fully saturated rings. The predicted octanol–water partition coefficient (Wildman–Crippen LogP) is 3.54. The van der Waals surface area contributed by atoms with Crippen molar-refractivity contribution in [3.05, 3.63) is 17.5 Å². The van der Waals surface area contributed by atoms with Crippen LogP contribution in [0.2, 0.25) is 0 Å². The van der Waals surface area contributed by atoms with E-state index in [0.29, 0.717) is 12.0 Å². The van der Waals surface area contributed by atoms with Crippen LogP contribution in [0.3, 0.4) is 0 Å². The Morgan fingerprint density at radius 1 is 1.52 bits per heavy atom. The summed E-state index contributed by atoms with van der Waals surface area (Å²) >= 11 is 2.89. The first-order valence-corrected chi connectivity index (χ1v) is 8.85. The lowest BCUT2D eigenvalue weighted by Gasteiger charge is -2.16. The van der Waals surface area contributed by atoms with Crippen molar-refractivity contribution in [1.29, 1.82) is 0 Å². The lowest BCUT2D eigenvalue weighted by molar-refractivity contribution is -0.133. The maximum atomic E-state index is 10.8. The zero-order chi connectivity index (χ0) is 14.8. The highest BCUT2D eigenvalue weighted by Crippen LogP contribution is 2.39. The number of hydrogen-bond acceptors (Lipinski definition) is 5. The normalized spacial score (nSPS) is 21.8. The lowest BCUT2D eigenvalue weighted by atomic mass is 10.1. The number of carboxylic acids is 1. The van der Waals surface area contributed by atoms with E-state index in [-0.39, 0.29) is 5.75 Å². The quantitative estimate of drug-likeness (QED) is 0.852. The standard InChI is InChI=1S/C14H17N3O2S2/c1-9-4-5-10(7-9)17-13(11-3-2-6-20-11)15-16-14(17)21-8-12(18)19/h2-3,6,9-10H,4-5,7-8H2,1H3,(H,18,19). The first-order valence-electron chi connectivity index (χ1n) is 6.98. The summed E-state index contributed by atoms with van der Waals surface area (Å²) in [4.78, 5) is 11.9. The fraction of sp³-hybridized carbons (Fsp3) is 0.500. The van der Waals surface area contributed by atoms with Crippen LogP contribution in [0.4, 0.5) is 0 Å². The second kappa shape index (κ2) is 6.19. The Hall–Kier alpha value is -1.34. The molecule has 7 heteroatoms. The van der Waals surface area contributed by atoms with E-state index in [0.717, 1.165) is 28.7 Å². The van der Waals surface area contributed by atoms with Gasteiger partial charge in [0, 0.05) is 6.04 Å². The Morgan fingerprint density at radius 2 is 2.38 bits per heavy atom. The third kappa shape index (κ3) is 3.13. The minimum absolute atomic E-state index is 0.0187. The molecule has 2 heterocycles. The van der Waals surface area contributed by atoms with Crippen LogP contribution in [0.25, 0.3) is 10.7 Å². The summed E-state index contributed by atoms with van der Waals surface area (Å²) in [6.45, 7) is 2.26. The van der Waals surface area contributed by atoms with Crippen molar-refractivity contribution in [2.45, 2.75) is 37.4 Å². The third-order valence-corrected chi connectivity index (χ3v) is 5.56. The summed E-state index contributed by atoms with van der Waals surface area (Å²) in [6.07, 6.45) is 3.42. The average Bonchev–Trinajstić information content (AvgIpc) is 3.15. The van der Waals surface area contributed by atoms with Crippen molar-refractivity contribution >= 4 is 29.1 Å². The maximum Gasteiger partial charge on any atom is 0.313 e. The highest BCUT2D eigenvalue weighted by atomic mass is 32.2. The molecule has 2 aromatic heterocycles. The largest absolute Gasteiger partial charge is 0.481 e. The number of thioether (sulfide) groups is 1. The van der Waals surface area contributed by atoms with Crippen LogP contribution < -0.4 is 0 Å². The van der Waals surface area contributed by atoms with Crippen LogP contribution in [0.5, 0.6) is 0 Å². The number of carbonyl (C=O) groups is 1. The van der Waals surface area contributed by atoms with E-state index in [9.17, 15) is 4.79 Å². The number of aromatic nitrogens is 3. The summed E-state index contributed by atoms with van der Waals surface area (Å²) in [7, 11) is 0. The fourth-order valence-corrected chi connectivity index (χ4v) is 4.25. The van der Waals surface area contributed by atoms with Crippen LogP contribution in [0, 0.1) is 5.92 Å². The summed E-state index contributed by atoms with van der Waals surface area (Å²) in [5, 5.41) is 20.2. The molecular formula is C14H17N3O2S2. The zero-order valence-electron chi connectivity index (χ0n) is 11.7. The molecule has 2 atom stereocenters. The van der Waals surface area contributed by atoms with E-state index in [1.54, 1.807) is 11.3 Å². The lowest BCUT2D eigenvalue weighted by Crippen LogP contribution is -2.09. The molecule has 1 saturated carbocycles. The molecule has 0 aliphatic heterocycles. The average molecular weight is 323 g/mol. The van der Waals surface area contributed by atoms with Crippen LogP contribution in [-0.2, 0) is 4.79 Å². The monoisotopic (exact) mass is 323 g/mol. The van der Waals surface area contributed by atoms with Gasteiger partial charge in [0.1, 0.15) is 0 Å². The minimum atomic E-state index is -0.827. The third-order valence-electron chi connectivity index (χ3n) is 3.76. The maximum absolute atomic E-state index is 10.8. The minimum Gasteiger partial charge on any atom is -0.481 e. The molecule has 2 aromatic rings. The number of nitrogens with zero attached hydrogens (tertiary/aromatic N) is 3. The molecule has 1 N–H and O–H groups in total. The molecule has 2 unspecified atom stereocenters. The highest BCUT2D eigenvalue weighted by Gasteiger charge is 2.28. The molecule has 0 spiro atoms. The molecule has 112 valence electrons. The van der Waals surface area contributed by atoms with Gasteiger partial charge in [0.05, 0.1) is 10.6 Å². The molecule has 0 amide bonds. The molecule has 21 heavy (non-hydrogen) atoms. The van der Waals surface area contributed by atoms with Gasteiger partial charge in [-0.3, -0.25) is 9.36 Å². The molecule has 0 radical (unpaired) electrons. The number of hydrogen-bond donors (Lipinski definition) is 1. The van der Waals surface area contributed by atoms with Gasteiger partial charge in [0.25, 0.3) is 0 Å². The van der Waals surface area contributed by atoms with E-state index >= 15 is 0 Å². The SMILES string of the molecule is CC1CCC(n2c(SCC(=O)O)nnc2-c2cccs2)C1. The Balaban J connectivity index is 1.95. The number of thiophene rings is 1. The van der Waals surface area contributed by atoms with Gasteiger partial charge in [-0.25, -0.2) is 0 Å². The van der Waals surface area contributed by atoms with Crippen LogP contribution in [0.1, 0.15) is 32.2 Å².